The number of aryl methyl sites for hydroxylation is 1. The second-order valence-corrected chi connectivity index (χ2v) is 4.03. The Morgan fingerprint density at radius 3 is 2.73 bits per heavy atom. The van der Waals surface area contributed by atoms with Crippen LogP contribution in [0.5, 0.6) is 0 Å². The lowest BCUT2D eigenvalue weighted by molar-refractivity contribution is 0.665. The quantitative estimate of drug-likeness (QED) is 0.704. The van der Waals surface area contributed by atoms with E-state index in [1.807, 2.05) is 13.1 Å². The third-order valence-corrected chi connectivity index (χ3v) is 2.94. The van der Waals surface area contributed by atoms with Crippen molar-refractivity contribution < 1.29 is 0 Å². The van der Waals surface area contributed by atoms with E-state index in [2.05, 4.69) is 27.2 Å². The molecule has 0 radical (unpaired) electrons. The molecule has 0 aliphatic carbocycles. The molecular weight excluding hydrogens is 188 g/mol. The summed E-state index contributed by atoms with van der Waals surface area (Å²) in [5.74, 6) is 0. The van der Waals surface area contributed by atoms with Crippen LogP contribution in [0, 0.1) is 0 Å². The van der Waals surface area contributed by atoms with Crippen LogP contribution in [0.2, 0.25) is 0 Å². The highest BCUT2D eigenvalue weighted by Gasteiger charge is 2.16. The highest BCUT2D eigenvalue weighted by atomic mass is 15.5. The number of anilines is 1. The lowest BCUT2D eigenvalue weighted by Gasteiger charge is -2.17. The minimum Gasteiger partial charge on any atom is -0.370 e. The summed E-state index contributed by atoms with van der Waals surface area (Å²) in [4.78, 5) is 4.04. The molecule has 4 nitrogen and oxygen atoms in total. The molecule has 15 heavy (non-hydrogen) atoms. The maximum Gasteiger partial charge on any atom is 0.136 e. The van der Waals surface area contributed by atoms with Gasteiger partial charge in [0, 0.05) is 20.1 Å². The summed E-state index contributed by atoms with van der Waals surface area (Å²) < 4.78 is 0. The summed E-state index contributed by atoms with van der Waals surface area (Å²) in [5.41, 5.74) is 3.25. The second kappa shape index (κ2) is 3.22. The van der Waals surface area contributed by atoms with Gasteiger partial charge in [-0.15, -0.1) is 0 Å². The van der Waals surface area contributed by atoms with Crippen molar-refractivity contribution in [3.05, 3.63) is 18.2 Å². The average molecular weight is 202 g/mol. The third-order valence-electron chi connectivity index (χ3n) is 2.94. The molecule has 78 valence electrons. The van der Waals surface area contributed by atoms with Gasteiger partial charge in [0.1, 0.15) is 11.0 Å². The molecule has 1 fully saturated rings. The summed E-state index contributed by atoms with van der Waals surface area (Å²) in [6.07, 6.45) is 2.58. The molecule has 0 amide bonds. The van der Waals surface area contributed by atoms with E-state index in [9.17, 15) is 0 Å². The minimum absolute atomic E-state index is 0.988. The fraction of sp³-hybridized carbons (Fsp3) is 0.455. The number of rotatable bonds is 1. The standard InChI is InChI=1S/C11H14N4/c1-14-12-9-5-4-6-10(11(9)13-14)15-7-2-3-8-15/h4-6H,2-3,7-8H2,1H3. The van der Waals surface area contributed by atoms with Crippen molar-refractivity contribution >= 4 is 16.7 Å². The van der Waals surface area contributed by atoms with Gasteiger partial charge in [-0.25, -0.2) is 0 Å². The van der Waals surface area contributed by atoms with Crippen molar-refractivity contribution in [2.75, 3.05) is 18.0 Å². The molecule has 1 aromatic carbocycles. The molecule has 0 unspecified atom stereocenters. The predicted molar refractivity (Wildman–Crippen MR) is 60.0 cm³/mol. The van der Waals surface area contributed by atoms with Gasteiger partial charge in [0.25, 0.3) is 0 Å². The molecule has 3 rings (SSSR count). The lowest BCUT2D eigenvalue weighted by Crippen LogP contribution is -2.17. The number of benzene rings is 1. The van der Waals surface area contributed by atoms with E-state index in [0.29, 0.717) is 0 Å². The van der Waals surface area contributed by atoms with Crippen LogP contribution in [-0.4, -0.2) is 28.1 Å². The summed E-state index contributed by atoms with van der Waals surface area (Å²) in [6, 6.07) is 6.22. The molecule has 0 bridgehead atoms. The molecule has 1 aliphatic rings. The highest BCUT2D eigenvalue weighted by molar-refractivity contribution is 5.87. The van der Waals surface area contributed by atoms with Crippen LogP contribution < -0.4 is 4.90 Å². The van der Waals surface area contributed by atoms with Crippen molar-refractivity contribution in [3.63, 3.8) is 0 Å². The highest BCUT2D eigenvalue weighted by Crippen LogP contribution is 2.26. The van der Waals surface area contributed by atoms with E-state index in [-0.39, 0.29) is 0 Å². The SMILES string of the molecule is Cn1nc2cccc(N3CCCC3)c2n1. The van der Waals surface area contributed by atoms with Crippen LogP contribution >= 0.6 is 0 Å². The predicted octanol–water partition coefficient (Wildman–Crippen LogP) is 1.57. The van der Waals surface area contributed by atoms with E-state index < -0.39 is 0 Å². The van der Waals surface area contributed by atoms with Gasteiger partial charge in [0.15, 0.2) is 0 Å². The molecule has 4 heteroatoms. The van der Waals surface area contributed by atoms with Crippen LogP contribution in [0.25, 0.3) is 11.0 Å². The van der Waals surface area contributed by atoms with Crippen LogP contribution in [0.1, 0.15) is 12.8 Å². The van der Waals surface area contributed by atoms with E-state index in [1.54, 1.807) is 4.80 Å². The maximum atomic E-state index is 4.42. The molecule has 1 aromatic heterocycles. The Morgan fingerprint density at radius 1 is 1.13 bits per heavy atom. The van der Waals surface area contributed by atoms with Crippen LogP contribution in [0.4, 0.5) is 5.69 Å². The molecule has 0 N–H and O–H groups in total. The Hall–Kier alpha value is -1.58. The first-order chi connectivity index (χ1) is 7.34. The Balaban J connectivity index is 2.16. The maximum absolute atomic E-state index is 4.42. The largest absolute Gasteiger partial charge is 0.370 e. The van der Waals surface area contributed by atoms with Crippen molar-refractivity contribution in [2.24, 2.45) is 7.05 Å². The van der Waals surface area contributed by atoms with Crippen LogP contribution in [0.15, 0.2) is 18.2 Å². The van der Waals surface area contributed by atoms with E-state index in [4.69, 9.17) is 0 Å². The molecule has 1 aliphatic heterocycles. The van der Waals surface area contributed by atoms with Gasteiger partial charge < -0.3 is 4.90 Å². The van der Waals surface area contributed by atoms with E-state index >= 15 is 0 Å². The topological polar surface area (TPSA) is 34.0 Å². The van der Waals surface area contributed by atoms with Gasteiger partial charge in [-0.2, -0.15) is 15.0 Å². The first-order valence-electron chi connectivity index (χ1n) is 5.39. The van der Waals surface area contributed by atoms with Crippen molar-refractivity contribution in [3.8, 4) is 0 Å². The number of hydrogen-bond acceptors (Lipinski definition) is 3. The van der Waals surface area contributed by atoms with Crippen LogP contribution in [0.3, 0.4) is 0 Å². The van der Waals surface area contributed by atoms with Gasteiger partial charge in [-0.3, -0.25) is 0 Å². The number of nitrogens with zero attached hydrogens (tertiary/aromatic N) is 4. The van der Waals surface area contributed by atoms with Gasteiger partial charge in [0.05, 0.1) is 5.69 Å². The average Bonchev–Trinajstić information content (AvgIpc) is 2.82. The van der Waals surface area contributed by atoms with E-state index in [0.717, 1.165) is 24.1 Å². The first-order valence-corrected chi connectivity index (χ1v) is 5.39. The fourth-order valence-electron chi connectivity index (χ4n) is 2.24. The zero-order chi connectivity index (χ0) is 10.3. The number of aromatic nitrogens is 3. The van der Waals surface area contributed by atoms with E-state index in [1.165, 1.54) is 18.5 Å². The lowest BCUT2D eigenvalue weighted by atomic mass is 10.2. The molecule has 0 atom stereocenters. The second-order valence-electron chi connectivity index (χ2n) is 4.03. The third kappa shape index (κ3) is 1.37. The summed E-state index contributed by atoms with van der Waals surface area (Å²) in [7, 11) is 1.87. The summed E-state index contributed by atoms with van der Waals surface area (Å²) in [5, 5.41) is 8.75. The number of fused-ring (bicyclic) bond motifs is 1. The van der Waals surface area contributed by atoms with Gasteiger partial charge in [0.2, 0.25) is 0 Å². The summed E-state index contributed by atoms with van der Waals surface area (Å²) in [6.45, 7) is 2.30. The minimum atomic E-state index is 0.988. The fourth-order valence-corrected chi connectivity index (χ4v) is 2.24. The van der Waals surface area contributed by atoms with Crippen molar-refractivity contribution in [1.29, 1.82) is 0 Å². The van der Waals surface area contributed by atoms with Crippen LogP contribution in [-0.2, 0) is 7.05 Å². The molecule has 2 heterocycles. The summed E-state index contributed by atoms with van der Waals surface area (Å²) >= 11 is 0. The van der Waals surface area contributed by atoms with Crippen molar-refractivity contribution in [2.45, 2.75) is 12.8 Å². The Labute approximate surface area is 88.5 Å². The zero-order valence-electron chi connectivity index (χ0n) is 8.85. The monoisotopic (exact) mass is 202 g/mol. The normalized spacial score (nSPS) is 16.5. The Kier molecular flexibility index (Phi) is 1.87. The Morgan fingerprint density at radius 2 is 1.93 bits per heavy atom. The van der Waals surface area contributed by atoms with Crippen molar-refractivity contribution in [1.82, 2.24) is 15.0 Å². The molecule has 0 saturated carbocycles. The molecular formula is C11H14N4. The Bertz CT molecular complexity index is 482. The number of hydrogen-bond donors (Lipinski definition) is 0. The molecule has 1 saturated heterocycles. The smallest absolute Gasteiger partial charge is 0.136 e. The first kappa shape index (κ1) is 8.71. The van der Waals surface area contributed by atoms with Gasteiger partial charge in [-0.1, -0.05) is 6.07 Å². The molecule has 2 aromatic rings. The van der Waals surface area contributed by atoms with Gasteiger partial charge in [-0.05, 0) is 25.0 Å². The molecule has 0 spiro atoms. The van der Waals surface area contributed by atoms with Gasteiger partial charge >= 0.3 is 0 Å². The zero-order valence-corrected chi connectivity index (χ0v) is 8.85.